The summed E-state index contributed by atoms with van der Waals surface area (Å²) in [5.41, 5.74) is 2.26. The monoisotopic (exact) mass is 403 g/mol. The Morgan fingerprint density at radius 1 is 1.23 bits per heavy atom. The Hall–Kier alpha value is -1.69. The number of halogens is 1. The molecular weight excluding hydrogens is 386 g/mol. The highest BCUT2D eigenvalue weighted by atomic mass is 35.5. The second kappa shape index (κ2) is 9.31. The van der Waals surface area contributed by atoms with Crippen molar-refractivity contribution in [3.63, 3.8) is 0 Å². The Bertz CT molecular complexity index is 850. The van der Waals surface area contributed by atoms with Crippen LogP contribution in [0.3, 0.4) is 0 Å². The second-order valence-electron chi connectivity index (χ2n) is 5.60. The van der Waals surface area contributed by atoms with E-state index in [4.69, 9.17) is 16.3 Å². The first kappa shape index (κ1) is 19.1. The van der Waals surface area contributed by atoms with Gasteiger partial charge in [-0.15, -0.1) is 0 Å². The lowest BCUT2D eigenvalue weighted by Gasteiger charge is -2.10. The van der Waals surface area contributed by atoms with E-state index in [9.17, 15) is 4.79 Å². The summed E-state index contributed by atoms with van der Waals surface area (Å²) >= 11 is 8.93. The summed E-state index contributed by atoms with van der Waals surface area (Å²) in [6.45, 7) is 2.55. The zero-order chi connectivity index (χ0) is 18.4. The first-order chi connectivity index (χ1) is 12.7. The Labute approximate surface area is 166 Å². The first-order valence-corrected chi connectivity index (χ1v) is 10.5. The minimum atomic E-state index is -0.0439. The van der Waals surface area contributed by atoms with Crippen LogP contribution in [-0.2, 0) is 11.4 Å². The highest BCUT2D eigenvalue weighted by Crippen LogP contribution is 2.33. The molecule has 0 unspecified atom stereocenters. The molecule has 0 bridgehead atoms. The SMILES string of the molecule is CCCSC1=N/C(=C/c2cc(Cl)ccc2OCc2ccccc2)C(=O)S1. The van der Waals surface area contributed by atoms with Crippen molar-refractivity contribution in [3.05, 3.63) is 70.4 Å². The van der Waals surface area contributed by atoms with Gasteiger partial charge in [0.05, 0.1) is 0 Å². The number of aliphatic imine (C=N–C) groups is 1. The number of hydrogen-bond acceptors (Lipinski definition) is 5. The number of ether oxygens (including phenoxy) is 1. The molecule has 0 atom stereocenters. The lowest BCUT2D eigenvalue weighted by atomic mass is 10.1. The molecule has 0 fully saturated rings. The minimum Gasteiger partial charge on any atom is -0.488 e. The second-order valence-corrected chi connectivity index (χ2v) is 8.34. The molecular formula is C20H18ClNO2S2. The van der Waals surface area contributed by atoms with Crippen molar-refractivity contribution in [1.82, 2.24) is 0 Å². The van der Waals surface area contributed by atoms with Gasteiger partial charge in [-0.1, -0.05) is 60.6 Å². The molecule has 1 heterocycles. The van der Waals surface area contributed by atoms with Crippen LogP contribution in [-0.4, -0.2) is 15.2 Å². The number of thioether (sulfide) groups is 2. The van der Waals surface area contributed by atoms with Crippen molar-refractivity contribution < 1.29 is 9.53 Å². The summed E-state index contributed by atoms with van der Waals surface area (Å²) in [6, 6.07) is 15.3. The van der Waals surface area contributed by atoms with E-state index in [1.54, 1.807) is 30.0 Å². The van der Waals surface area contributed by atoms with Gasteiger partial charge in [0.1, 0.15) is 22.4 Å². The van der Waals surface area contributed by atoms with E-state index in [0.717, 1.165) is 27.7 Å². The Kier molecular flexibility index (Phi) is 6.83. The molecule has 26 heavy (non-hydrogen) atoms. The Morgan fingerprint density at radius 2 is 2.04 bits per heavy atom. The summed E-state index contributed by atoms with van der Waals surface area (Å²) in [5.74, 6) is 1.63. The molecule has 0 saturated heterocycles. The van der Waals surface area contributed by atoms with E-state index in [-0.39, 0.29) is 5.12 Å². The van der Waals surface area contributed by atoms with E-state index in [2.05, 4.69) is 11.9 Å². The normalized spacial score (nSPS) is 15.4. The van der Waals surface area contributed by atoms with Crippen molar-refractivity contribution in [1.29, 1.82) is 0 Å². The summed E-state index contributed by atoms with van der Waals surface area (Å²) in [7, 11) is 0. The molecule has 1 aliphatic rings. The first-order valence-electron chi connectivity index (χ1n) is 8.27. The fraction of sp³-hybridized carbons (Fsp3) is 0.200. The fourth-order valence-corrected chi connectivity index (χ4v) is 4.23. The molecule has 134 valence electrons. The molecule has 0 aliphatic carbocycles. The van der Waals surface area contributed by atoms with E-state index in [0.29, 0.717) is 23.1 Å². The van der Waals surface area contributed by atoms with Crippen molar-refractivity contribution in [3.8, 4) is 5.75 Å². The van der Waals surface area contributed by atoms with E-state index < -0.39 is 0 Å². The molecule has 0 spiro atoms. The maximum Gasteiger partial charge on any atom is 0.244 e. The van der Waals surface area contributed by atoms with Crippen LogP contribution < -0.4 is 4.74 Å². The average molecular weight is 404 g/mol. The minimum absolute atomic E-state index is 0.0439. The van der Waals surface area contributed by atoms with E-state index in [1.807, 2.05) is 36.4 Å². The van der Waals surface area contributed by atoms with Gasteiger partial charge >= 0.3 is 0 Å². The average Bonchev–Trinajstić information content (AvgIpc) is 2.99. The third-order valence-corrected chi connectivity index (χ3v) is 5.98. The van der Waals surface area contributed by atoms with Crippen molar-refractivity contribution in [2.24, 2.45) is 4.99 Å². The molecule has 2 aromatic carbocycles. The van der Waals surface area contributed by atoms with Gasteiger partial charge in [-0.25, -0.2) is 4.99 Å². The van der Waals surface area contributed by atoms with E-state index in [1.165, 1.54) is 11.8 Å². The van der Waals surface area contributed by atoms with Gasteiger partial charge in [0.25, 0.3) is 0 Å². The molecule has 2 aromatic rings. The van der Waals surface area contributed by atoms with Gasteiger partial charge in [0, 0.05) is 10.6 Å². The topological polar surface area (TPSA) is 38.7 Å². The quantitative estimate of drug-likeness (QED) is 0.551. The van der Waals surface area contributed by atoms with Crippen molar-refractivity contribution in [2.75, 3.05) is 5.75 Å². The third-order valence-electron chi connectivity index (χ3n) is 3.53. The number of hydrogen-bond donors (Lipinski definition) is 0. The molecule has 6 heteroatoms. The van der Waals surface area contributed by atoms with Crippen LogP contribution in [0.1, 0.15) is 24.5 Å². The molecule has 0 aromatic heterocycles. The highest BCUT2D eigenvalue weighted by molar-refractivity contribution is 8.45. The standard InChI is InChI=1S/C20H18ClNO2S2/c1-2-10-25-20-22-17(19(23)26-20)12-15-11-16(21)8-9-18(15)24-13-14-6-4-3-5-7-14/h3-9,11-12H,2,10,13H2,1H3/b17-12+. The summed E-state index contributed by atoms with van der Waals surface area (Å²) in [4.78, 5) is 16.7. The lowest BCUT2D eigenvalue weighted by Crippen LogP contribution is -1.97. The smallest absolute Gasteiger partial charge is 0.244 e. The summed E-state index contributed by atoms with van der Waals surface area (Å²) in [6.07, 6.45) is 2.80. The molecule has 0 amide bonds. The summed E-state index contributed by atoms with van der Waals surface area (Å²) < 4.78 is 6.74. The zero-order valence-electron chi connectivity index (χ0n) is 14.3. The maximum atomic E-state index is 12.2. The Balaban J connectivity index is 1.81. The maximum absolute atomic E-state index is 12.2. The predicted molar refractivity (Wildman–Crippen MR) is 113 cm³/mol. The van der Waals surface area contributed by atoms with Gasteiger partial charge in [-0.3, -0.25) is 4.79 Å². The number of nitrogens with zero attached hydrogens (tertiary/aromatic N) is 1. The van der Waals surface area contributed by atoms with Gasteiger partial charge in [0.15, 0.2) is 0 Å². The molecule has 0 N–H and O–H groups in total. The third kappa shape index (κ3) is 5.16. The number of carbonyl (C=O) groups is 1. The van der Waals surface area contributed by atoms with Crippen molar-refractivity contribution in [2.45, 2.75) is 20.0 Å². The fourth-order valence-electron chi connectivity index (χ4n) is 2.29. The van der Waals surface area contributed by atoms with Crippen molar-refractivity contribution >= 4 is 50.7 Å². The number of rotatable bonds is 6. The summed E-state index contributed by atoms with van der Waals surface area (Å²) in [5, 5.41) is 0.546. The van der Waals surface area contributed by atoms with Crippen LogP contribution in [0.25, 0.3) is 6.08 Å². The van der Waals surface area contributed by atoms with Gasteiger partial charge in [0.2, 0.25) is 5.12 Å². The van der Waals surface area contributed by atoms with Crippen LogP contribution in [0, 0.1) is 0 Å². The molecule has 3 nitrogen and oxygen atoms in total. The van der Waals surface area contributed by atoms with Crippen LogP contribution in [0.5, 0.6) is 5.75 Å². The molecule has 0 radical (unpaired) electrons. The van der Waals surface area contributed by atoms with Crippen LogP contribution in [0.15, 0.2) is 59.2 Å². The Morgan fingerprint density at radius 3 is 2.81 bits per heavy atom. The predicted octanol–water partition coefficient (Wildman–Crippen LogP) is 6.03. The molecule has 3 rings (SSSR count). The van der Waals surface area contributed by atoms with Gasteiger partial charge < -0.3 is 4.74 Å². The molecule has 1 aliphatic heterocycles. The molecule has 0 saturated carbocycles. The van der Waals surface area contributed by atoms with Crippen LogP contribution in [0.2, 0.25) is 5.02 Å². The van der Waals surface area contributed by atoms with E-state index >= 15 is 0 Å². The number of benzene rings is 2. The van der Waals surface area contributed by atoms with Crippen LogP contribution >= 0.6 is 35.1 Å². The largest absolute Gasteiger partial charge is 0.488 e. The van der Waals surface area contributed by atoms with Gasteiger partial charge in [-0.2, -0.15) is 0 Å². The zero-order valence-corrected chi connectivity index (χ0v) is 16.7. The highest BCUT2D eigenvalue weighted by Gasteiger charge is 2.22. The lowest BCUT2D eigenvalue weighted by molar-refractivity contribution is -0.107. The number of carbonyl (C=O) groups excluding carboxylic acids is 1. The van der Waals surface area contributed by atoms with Crippen LogP contribution in [0.4, 0.5) is 0 Å². The van der Waals surface area contributed by atoms with Gasteiger partial charge in [-0.05, 0) is 53.8 Å².